The first-order valence-corrected chi connectivity index (χ1v) is 5.62. The van der Waals surface area contributed by atoms with E-state index in [1.54, 1.807) is 12.3 Å². The molecule has 2 aromatic rings. The SMILES string of the molecule is O=[N+]([O-])c1cc(-c2ccccc2)cnc1I. The van der Waals surface area contributed by atoms with Crippen molar-refractivity contribution < 1.29 is 4.92 Å². The first kappa shape index (κ1) is 11.0. The Balaban J connectivity index is 2.52. The van der Waals surface area contributed by atoms with Crippen LogP contribution in [0.3, 0.4) is 0 Å². The van der Waals surface area contributed by atoms with Crippen LogP contribution in [0.1, 0.15) is 0 Å². The van der Waals surface area contributed by atoms with E-state index in [1.165, 1.54) is 0 Å². The van der Waals surface area contributed by atoms with Crippen molar-refractivity contribution in [3.63, 3.8) is 0 Å². The van der Waals surface area contributed by atoms with Crippen LogP contribution in [-0.2, 0) is 0 Å². The summed E-state index contributed by atoms with van der Waals surface area (Å²) >= 11 is 1.86. The van der Waals surface area contributed by atoms with Crippen LogP contribution in [0.25, 0.3) is 11.1 Å². The van der Waals surface area contributed by atoms with Gasteiger partial charge in [0.1, 0.15) is 0 Å². The van der Waals surface area contributed by atoms with Gasteiger partial charge in [-0.15, -0.1) is 0 Å². The van der Waals surface area contributed by atoms with Crippen molar-refractivity contribution in [1.29, 1.82) is 0 Å². The van der Waals surface area contributed by atoms with Gasteiger partial charge in [0.25, 0.3) is 0 Å². The zero-order valence-corrected chi connectivity index (χ0v) is 10.3. The van der Waals surface area contributed by atoms with Gasteiger partial charge in [-0.25, -0.2) is 4.98 Å². The molecule has 0 radical (unpaired) electrons. The minimum atomic E-state index is -0.415. The molecule has 0 unspecified atom stereocenters. The lowest BCUT2D eigenvalue weighted by Gasteiger charge is -2.01. The second-order valence-electron chi connectivity index (χ2n) is 3.16. The van der Waals surface area contributed by atoms with Crippen molar-refractivity contribution in [3.8, 4) is 11.1 Å². The Labute approximate surface area is 106 Å². The molecular weight excluding hydrogens is 319 g/mol. The van der Waals surface area contributed by atoms with E-state index in [4.69, 9.17) is 0 Å². The Kier molecular flexibility index (Phi) is 3.14. The van der Waals surface area contributed by atoms with Crippen LogP contribution in [-0.4, -0.2) is 9.91 Å². The third kappa shape index (κ3) is 2.19. The van der Waals surface area contributed by atoms with Crippen LogP contribution in [0.4, 0.5) is 5.69 Å². The molecule has 16 heavy (non-hydrogen) atoms. The van der Waals surface area contributed by atoms with E-state index in [0.717, 1.165) is 11.1 Å². The fourth-order valence-electron chi connectivity index (χ4n) is 1.35. The highest BCUT2D eigenvalue weighted by molar-refractivity contribution is 14.1. The molecule has 0 bridgehead atoms. The molecule has 0 aliphatic heterocycles. The van der Waals surface area contributed by atoms with Crippen LogP contribution in [0.5, 0.6) is 0 Å². The van der Waals surface area contributed by atoms with Gasteiger partial charge in [-0.3, -0.25) is 10.1 Å². The molecule has 0 atom stereocenters. The number of nitro groups is 1. The van der Waals surface area contributed by atoms with Crippen LogP contribution >= 0.6 is 22.6 Å². The van der Waals surface area contributed by atoms with E-state index in [2.05, 4.69) is 4.98 Å². The minimum Gasteiger partial charge on any atom is -0.258 e. The monoisotopic (exact) mass is 326 g/mol. The first-order chi connectivity index (χ1) is 7.68. The van der Waals surface area contributed by atoms with E-state index in [0.29, 0.717) is 3.70 Å². The molecule has 4 nitrogen and oxygen atoms in total. The summed E-state index contributed by atoms with van der Waals surface area (Å²) in [5, 5.41) is 10.8. The summed E-state index contributed by atoms with van der Waals surface area (Å²) in [6, 6.07) is 11.0. The van der Waals surface area contributed by atoms with Gasteiger partial charge < -0.3 is 0 Å². The van der Waals surface area contributed by atoms with Gasteiger partial charge in [-0.1, -0.05) is 30.3 Å². The summed E-state index contributed by atoms with van der Waals surface area (Å²) in [6.07, 6.45) is 1.64. The van der Waals surface area contributed by atoms with E-state index in [9.17, 15) is 10.1 Å². The van der Waals surface area contributed by atoms with Crippen LogP contribution in [0.2, 0.25) is 0 Å². The molecular formula is C11H7IN2O2. The van der Waals surface area contributed by atoms with E-state index in [1.807, 2.05) is 52.9 Å². The predicted molar refractivity (Wildman–Crippen MR) is 69.0 cm³/mol. The largest absolute Gasteiger partial charge is 0.301 e. The zero-order chi connectivity index (χ0) is 11.5. The smallest absolute Gasteiger partial charge is 0.258 e. The van der Waals surface area contributed by atoms with Gasteiger partial charge in [0.05, 0.1) is 4.92 Å². The summed E-state index contributed by atoms with van der Waals surface area (Å²) in [5.74, 6) is 0. The molecule has 1 heterocycles. The molecule has 2 rings (SSSR count). The van der Waals surface area contributed by atoms with E-state index < -0.39 is 4.92 Å². The van der Waals surface area contributed by atoms with Gasteiger partial charge in [0.15, 0.2) is 3.70 Å². The maximum atomic E-state index is 10.8. The molecule has 0 amide bonds. The van der Waals surface area contributed by atoms with Crippen LogP contribution in [0.15, 0.2) is 42.6 Å². The number of aromatic nitrogens is 1. The lowest BCUT2D eigenvalue weighted by Crippen LogP contribution is -1.94. The number of rotatable bonds is 2. The van der Waals surface area contributed by atoms with Crippen LogP contribution < -0.4 is 0 Å². The summed E-state index contributed by atoms with van der Waals surface area (Å²) in [5.41, 5.74) is 1.73. The van der Waals surface area contributed by atoms with Crippen molar-refractivity contribution in [2.24, 2.45) is 0 Å². The molecule has 80 valence electrons. The van der Waals surface area contributed by atoms with E-state index >= 15 is 0 Å². The summed E-state index contributed by atoms with van der Waals surface area (Å²) in [7, 11) is 0. The standard InChI is InChI=1S/C11H7IN2O2/c12-11-10(14(15)16)6-9(7-13-11)8-4-2-1-3-5-8/h1-7H. The molecule has 0 fully saturated rings. The molecule has 0 spiro atoms. The molecule has 5 heteroatoms. The van der Waals surface area contributed by atoms with Gasteiger partial charge in [0.2, 0.25) is 0 Å². The van der Waals surface area contributed by atoms with Crippen molar-refractivity contribution in [1.82, 2.24) is 4.98 Å². The highest BCUT2D eigenvalue weighted by Gasteiger charge is 2.14. The second-order valence-corrected chi connectivity index (χ2v) is 4.18. The summed E-state index contributed by atoms with van der Waals surface area (Å²) in [4.78, 5) is 14.4. The number of nitrogens with zero attached hydrogens (tertiary/aromatic N) is 2. The molecule has 0 N–H and O–H groups in total. The van der Waals surface area contributed by atoms with Gasteiger partial charge >= 0.3 is 5.69 Å². The zero-order valence-electron chi connectivity index (χ0n) is 8.13. The third-order valence-corrected chi connectivity index (χ3v) is 2.96. The summed E-state index contributed by atoms with van der Waals surface area (Å²) in [6.45, 7) is 0. The number of halogens is 1. The Hall–Kier alpha value is -1.50. The normalized spacial score (nSPS) is 10.1. The lowest BCUT2D eigenvalue weighted by atomic mass is 10.1. The quantitative estimate of drug-likeness (QED) is 0.368. The lowest BCUT2D eigenvalue weighted by molar-refractivity contribution is -0.386. The van der Waals surface area contributed by atoms with Crippen molar-refractivity contribution in [3.05, 3.63) is 56.4 Å². The maximum absolute atomic E-state index is 10.8. The van der Waals surface area contributed by atoms with Gasteiger partial charge in [-0.2, -0.15) is 0 Å². The number of benzene rings is 1. The number of hydrogen-bond donors (Lipinski definition) is 0. The van der Waals surface area contributed by atoms with Crippen molar-refractivity contribution in [2.45, 2.75) is 0 Å². The van der Waals surface area contributed by atoms with Gasteiger partial charge in [0, 0.05) is 17.8 Å². The Morgan fingerprint density at radius 2 is 1.88 bits per heavy atom. The average Bonchev–Trinajstić information content (AvgIpc) is 2.30. The molecule has 0 saturated carbocycles. The van der Waals surface area contributed by atoms with Crippen LogP contribution in [0, 0.1) is 13.8 Å². The predicted octanol–water partition coefficient (Wildman–Crippen LogP) is 3.26. The van der Waals surface area contributed by atoms with Crippen molar-refractivity contribution in [2.75, 3.05) is 0 Å². The van der Waals surface area contributed by atoms with E-state index in [-0.39, 0.29) is 5.69 Å². The maximum Gasteiger partial charge on any atom is 0.301 e. The highest BCUT2D eigenvalue weighted by Crippen LogP contribution is 2.25. The third-order valence-electron chi connectivity index (χ3n) is 2.12. The molecule has 0 saturated heterocycles. The Morgan fingerprint density at radius 3 is 2.50 bits per heavy atom. The fourth-order valence-corrected chi connectivity index (χ4v) is 1.84. The fraction of sp³-hybridized carbons (Fsp3) is 0. The van der Waals surface area contributed by atoms with Crippen molar-refractivity contribution >= 4 is 28.3 Å². The number of hydrogen-bond acceptors (Lipinski definition) is 3. The molecule has 0 aliphatic rings. The summed E-state index contributed by atoms with van der Waals surface area (Å²) < 4.78 is 0.405. The molecule has 1 aromatic carbocycles. The first-order valence-electron chi connectivity index (χ1n) is 4.54. The molecule has 1 aromatic heterocycles. The van der Waals surface area contributed by atoms with Gasteiger partial charge in [-0.05, 0) is 28.2 Å². The number of pyridine rings is 1. The highest BCUT2D eigenvalue weighted by atomic mass is 127. The minimum absolute atomic E-state index is 0.0435. The topological polar surface area (TPSA) is 56.0 Å². The Morgan fingerprint density at radius 1 is 1.19 bits per heavy atom. The Bertz CT molecular complexity index is 529. The average molecular weight is 326 g/mol. The molecule has 0 aliphatic carbocycles. The second kappa shape index (κ2) is 4.56.